The van der Waals surface area contributed by atoms with Gasteiger partial charge in [0.05, 0.1) is 12.6 Å². The van der Waals surface area contributed by atoms with E-state index in [4.69, 9.17) is 0 Å². The quantitative estimate of drug-likeness (QED) is 0.825. The van der Waals surface area contributed by atoms with Crippen molar-refractivity contribution in [2.75, 3.05) is 13.2 Å². The molecule has 6 nitrogen and oxygen atoms in total. The molecule has 2 N–H and O–H groups in total. The summed E-state index contributed by atoms with van der Waals surface area (Å²) in [4.78, 5) is 5.42. The molecule has 1 aliphatic rings. The number of piperidine rings is 1. The van der Waals surface area contributed by atoms with Crippen molar-refractivity contribution in [1.82, 2.24) is 14.0 Å². The molecule has 0 spiro atoms. The van der Waals surface area contributed by atoms with Crippen LogP contribution in [0.2, 0.25) is 0 Å². The number of aryl methyl sites for hydroxylation is 1. The Bertz CT molecular complexity index is 559. The number of nitrogens with zero attached hydrogens (tertiary/aromatic N) is 2. The van der Waals surface area contributed by atoms with Crippen LogP contribution in [0.5, 0.6) is 0 Å². The highest BCUT2D eigenvalue weighted by atomic mass is 32.2. The van der Waals surface area contributed by atoms with E-state index in [1.165, 1.54) is 15.6 Å². The molecule has 0 aliphatic carbocycles. The molecule has 0 saturated carbocycles. The summed E-state index contributed by atoms with van der Waals surface area (Å²) in [6, 6.07) is -0.674. The molecule has 1 aromatic rings. The first-order chi connectivity index (χ1) is 9.97. The van der Waals surface area contributed by atoms with Gasteiger partial charge in [0, 0.05) is 23.7 Å². The van der Waals surface area contributed by atoms with Gasteiger partial charge in [0.1, 0.15) is 5.01 Å². The first-order valence-electron chi connectivity index (χ1n) is 7.32. The summed E-state index contributed by atoms with van der Waals surface area (Å²) in [6.07, 6.45) is 5.20. The van der Waals surface area contributed by atoms with Crippen LogP contribution in [-0.4, -0.2) is 42.0 Å². The van der Waals surface area contributed by atoms with Crippen molar-refractivity contribution >= 4 is 21.5 Å². The van der Waals surface area contributed by atoms with Crippen LogP contribution in [0.4, 0.5) is 0 Å². The third kappa shape index (κ3) is 4.01. The number of aliphatic hydroxyl groups excluding tert-OH is 1. The maximum atomic E-state index is 12.5. The monoisotopic (exact) mass is 333 g/mol. The Morgan fingerprint density at radius 1 is 1.57 bits per heavy atom. The molecular weight excluding hydrogens is 310 g/mol. The number of aliphatic hydroxyl groups is 1. The molecule has 120 valence electrons. The van der Waals surface area contributed by atoms with Gasteiger partial charge in [0.25, 0.3) is 10.2 Å². The molecule has 2 heterocycles. The Labute approximate surface area is 130 Å². The number of thiazole rings is 1. The van der Waals surface area contributed by atoms with Crippen molar-refractivity contribution in [3.05, 3.63) is 16.1 Å². The van der Waals surface area contributed by atoms with E-state index in [0.29, 0.717) is 13.0 Å². The smallest absolute Gasteiger partial charge is 0.280 e. The molecule has 21 heavy (non-hydrogen) atoms. The van der Waals surface area contributed by atoms with E-state index >= 15 is 0 Å². The molecular formula is C13H23N3O3S2. The fourth-order valence-corrected chi connectivity index (χ4v) is 5.06. The van der Waals surface area contributed by atoms with Crippen LogP contribution in [0.3, 0.4) is 0 Å². The van der Waals surface area contributed by atoms with E-state index in [-0.39, 0.29) is 18.7 Å². The molecule has 1 aromatic heterocycles. The summed E-state index contributed by atoms with van der Waals surface area (Å²) in [6.45, 7) is 4.18. The van der Waals surface area contributed by atoms with Gasteiger partial charge in [-0.15, -0.1) is 11.3 Å². The van der Waals surface area contributed by atoms with Crippen LogP contribution in [-0.2, 0) is 16.6 Å². The van der Waals surface area contributed by atoms with Crippen molar-refractivity contribution < 1.29 is 13.5 Å². The lowest BCUT2D eigenvalue weighted by Crippen LogP contribution is -2.50. The summed E-state index contributed by atoms with van der Waals surface area (Å²) in [5, 5.41) is 10.1. The molecule has 0 radical (unpaired) electrons. The third-order valence-corrected chi connectivity index (χ3v) is 6.78. The van der Waals surface area contributed by atoms with Gasteiger partial charge >= 0.3 is 0 Å². The second-order valence-corrected chi connectivity index (χ2v) is 8.11. The molecule has 0 aromatic carbocycles. The van der Waals surface area contributed by atoms with E-state index in [1.807, 2.05) is 6.92 Å². The average Bonchev–Trinajstić information content (AvgIpc) is 2.96. The molecule has 1 fully saturated rings. The lowest BCUT2D eigenvalue weighted by Gasteiger charge is -2.34. The third-order valence-electron chi connectivity index (χ3n) is 3.71. The lowest BCUT2D eigenvalue weighted by molar-refractivity contribution is 0.153. The van der Waals surface area contributed by atoms with Crippen LogP contribution < -0.4 is 4.72 Å². The van der Waals surface area contributed by atoms with Crippen LogP contribution >= 0.6 is 11.3 Å². The minimum atomic E-state index is -3.60. The summed E-state index contributed by atoms with van der Waals surface area (Å²) in [7, 11) is -3.60. The molecule has 2 rings (SSSR count). The molecule has 0 bridgehead atoms. The highest BCUT2D eigenvalue weighted by Crippen LogP contribution is 2.24. The van der Waals surface area contributed by atoms with Gasteiger partial charge in [-0.2, -0.15) is 17.4 Å². The topological polar surface area (TPSA) is 82.5 Å². The first kappa shape index (κ1) is 16.8. The SMILES string of the molecule is CCc1cnc(C(C)NS(=O)(=O)N2CCCCC2CO)s1. The van der Waals surface area contributed by atoms with Crippen molar-refractivity contribution in [2.24, 2.45) is 0 Å². The Hall–Kier alpha value is -0.540. The second kappa shape index (κ2) is 7.15. The summed E-state index contributed by atoms with van der Waals surface area (Å²) < 4.78 is 29.1. The zero-order valence-electron chi connectivity index (χ0n) is 12.4. The molecule has 0 amide bonds. The molecule has 2 atom stereocenters. The Morgan fingerprint density at radius 2 is 2.33 bits per heavy atom. The van der Waals surface area contributed by atoms with Gasteiger partial charge in [0.15, 0.2) is 0 Å². The fraction of sp³-hybridized carbons (Fsp3) is 0.769. The van der Waals surface area contributed by atoms with E-state index in [9.17, 15) is 13.5 Å². The number of hydrogen-bond donors (Lipinski definition) is 2. The first-order valence-corrected chi connectivity index (χ1v) is 9.58. The zero-order valence-corrected chi connectivity index (χ0v) is 14.1. The molecule has 8 heteroatoms. The Balaban J connectivity index is 2.08. The minimum Gasteiger partial charge on any atom is -0.395 e. The van der Waals surface area contributed by atoms with Crippen LogP contribution in [0, 0.1) is 0 Å². The Morgan fingerprint density at radius 3 is 2.95 bits per heavy atom. The van der Waals surface area contributed by atoms with Crippen LogP contribution in [0.25, 0.3) is 0 Å². The van der Waals surface area contributed by atoms with Gasteiger partial charge in [0.2, 0.25) is 0 Å². The molecule has 2 unspecified atom stereocenters. The van der Waals surface area contributed by atoms with E-state index in [2.05, 4.69) is 9.71 Å². The van der Waals surface area contributed by atoms with Gasteiger partial charge in [-0.1, -0.05) is 13.3 Å². The van der Waals surface area contributed by atoms with Gasteiger partial charge in [-0.3, -0.25) is 0 Å². The maximum Gasteiger partial charge on any atom is 0.280 e. The predicted octanol–water partition coefficient (Wildman–Crippen LogP) is 1.45. The highest BCUT2D eigenvalue weighted by molar-refractivity contribution is 7.87. The van der Waals surface area contributed by atoms with E-state index < -0.39 is 10.2 Å². The van der Waals surface area contributed by atoms with Gasteiger partial charge in [-0.25, -0.2) is 4.98 Å². The predicted molar refractivity (Wildman–Crippen MR) is 83.4 cm³/mol. The molecule has 1 saturated heterocycles. The maximum absolute atomic E-state index is 12.5. The van der Waals surface area contributed by atoms with E-state index in [0.717, 1.165) is 29.1 Å². The second-order valence-electron chi connectivity index (χ2n) is 5.31. The zero-order chi connectivity index (χ0) is 15.5. The highest BCUT2D eigenvalue weighted by Gasteiger charge is 2.33. The van der Waals surface area contributed by atoms with Crippen LogP contribution in [0.1, 0.15) is 49.0 Å². The number of aromatic nitrogens is 1. The largest absolute Gasteiger partial charge is 0.395 e. The van der Waals surface area contributed by atoms with Crippen molar-refractivity contribution in [1.29, 1.82) is 0 Å². The average molecular weight is 333 g/mol. The summed E-state index contributed by atoms with van der Waals surface area (Å²) >= 11 is 1.53. The van der Waals surface area contributed by atoms with Crippen LogP contribution in [0.15, 0.2) is 6.20 Å². The van der Waals surface area contributed by atoms with Gasteiger partial charge < -0.3 is 5.11 Å². The minimum absolute atomic E-state index is 0.132. The normalized spacial score (nSPS) is 22.3. The number of rotatable bonds is 6. The lowest BCUT2D eigenvalue weighted by atomic mass is 10.1. The van der Waals surface area contributed by atoms with E-state index in [1.54, 1.807) is 13.1 Å². The standard InChI is InChI=1S/C13H23N3O3S2/c1-3-12-8-14-13(20-12)10(2)15-21(18,19)16-7-5-4-6-11(16)9-17/h8,10-11,15,17H,3-7,9H2,1-2H3. The van der Waals surface area contributed by atoms with Crippen molar-refractivity contribution in [3.63, 3.8) is 0 Å². The summed E-state index contributed by atoms with van der Waals surface area (Å²) in [5.74, 6) is 0. The van der Waals surface area contributed by atoms with Crippen molar-refractivity contribution in [3.8, 4) is 0 Å². The molecule has 1 aliphatic heterocycles. The summed E-state index contributed by atoms with van der Waals surface area (Å²) in [5.41, 5.74) is 0. The fourth-order valence-electron chi connectivity index (χ4n) is 2.50. The number of nitrogens with one attached hydrogen (secondary N) is 1. The van der Waals surface area contributed by atoms with Crippen molar-refractivity contribution in [2.45, 2.75) is 51.6 Å². The Kier molecular flexibility index (Phi) is 5.73. The number of hydrogen-bond acceptors (Lipinski definition) is 5. The van der Waals surface area contributed by atoms with Gasteiger partial charge in [-0.05, 0) is 26.2 Å².